The monoisotopic (exact) mass is 258 g/mol. The van der Waals surface area contributed by atoms with Gasteiger partial charge in [0.15, 0.2) is 0 Å². The van der Waals surface area contributed by atoms with Gasteiger partial charge in [-0.3, -0.25) is 0 Å². The van der Waals surface area contributed by atoms with Crippen molar-refractivity contribution in [2.45, 2.75) is 0 Å². The highest BCUT2D eigenvalue weighted by Gasteiger charge is 2.19. The number of rotatable bonds is 2. The van der Waals surface area contributed by atoms with Crippen LogP contribution in [0.4, 0.5) is 11.6 Å². The Hall–Kier alpha value is -2.96. The van der Waals surface area contributed by atoms with E-state index in [1.807, 2.05) is 0 Å². The van der Waals surface area contributed by atoms with Crippen molar-refractivity contribution in [3.63, 3.8) is 0 Å². The van der Waals surface area contributed by atoms with E-state index in [2.05, 4.69) is 14.7 Å². The molecular weight excluding hydrogens is 248 g/mol. The van der Waals surface area contributed by atoms with Crippen molar-refractivity contribution in [3.05, 3.63) is 47.8 Å². The number of nitrogen functional groups attached to an aromatic ring is 2. The number of nitrogens with zero attached hydrogens (tertiary/aromatic N) is 2. The lowest BCUT2D eigenvalue weighted by atomic mass is 10.2. The zero-order valence-corrected chi connectivity index (χ0v) is 9.74. The molecule has 0 fully saturated rings. The van der Waals surface area contributed by atoms with Crippen LogP contribution >= 0.6 is 0 Å². The summed E-state index contributed by atoms with van der Waals surface area (Å²) in [7, 11) is 0. The maximum atomic E-state index is 11.7. The van der Waals surface area contributed by atoms with Crippen LogP contribution in [0, 0.1) is 0 Å². The van der Waals surface area contributed by atoms with E-state index in [0.29, 0.717) is 0 Å². The Kier molecular flexibility index (Phi) is 3.37. The van der Waals surface area contributed by atoms with E-state index in [9.17, 15) is 9.59 Å². The highest BCUT2D eigenvalue weighted by atomic mass is 16.6. The summed E-state index contributed by atoms with van der Waals surface area (Å²) in [5.74, 6) is -1.81. The molecule has 7 heteroatoms. The Balaban J connectivity index is 2.19. The second-order valence-electron chi connectivity index (χ2n) is 3.55. The van der Waals surface area contributed by atoms with E-state index in [0.717, 1.165) is 0 Å². The average Bonchev–Trinajstić information content (AvgIpc) is 2.39. The molecule has 0 radical (unpaired) electrons. The molecule has 0 aliphatic carbocycles. The van der Waals surface area contributed by atoms with E-state index < -0.39 is 11.9 Å². The highest BCUT2D eigenvalue weighted by molar-refractivity contribution is 6.05. The minimum Gasteiger partial charge on any atom is -0.385 e. The molecule has 2 rings (SSSR count). The van der Waals surface area contributed by atoms with Crippen LogP contribution in [-0.4, -0.2) is 21.9 Å². The molecule has 0 saturated carbocycles. The third kappa shape index (κ3) is 2.65. The number of carbonyl (C=O) groups excluding carboxylic acids is 2. The maximum Gasteiger partial charge on any atom is 0.349 e. The Morgan fingerprint density at radius 3 is 1.68 bits per heavy atom. The van der Waals surface area contributed by atoms with Crippen molar-refractivity contribution in [3.8, 4) is 0 Å². The summed E-state index contributed by atoms with van der Waals surface area (Å²) in [5, 5.41) is 0. The first-order valence-corrected chi connectivity index (χ1v) is 5.27. The van der Waals surface area contributed by atoms with Crippen LogP contribution < -0.4 is 11.5 Å². The summed E-state index contributed by atoms with van der Waals surface area (Å²) in [4.78, 5) is 30.9. The van der Waals surface area contributed by atoms with Crippen LogP contribution in [-0.2, 0) is 4.74 Å². The van der Waals surface area contributed by atoms with E-state index in [4.69, 9.17) is 11.5 Å². The lowest BCUT2D eigenvalue weighted by Gasteiger charge is -2.05. The molecule has 19 heavy (non-hydrogen) atoms. The first-order valence-electron chi connectivity index (χ1n) is 5.27. The summed E-state index contributed by atoms with van der Waals surface area (Å²) < 4.78 is 4.67. The van der Waals surface area contributed by atoms with Gasteiger partial charge >= 0.3 is 11.9 Å². The van der Waals surface area contributed by atoms with Gasteiger partial charge in [0.25, 0.3) is 0 Å². The summed E-state index contributed by atoms with van der Waals surface area (Å²) in [5.41, 5.74) is 11.0. The van der Waals surface area contributed by atoms with Crippen LogP contribution in [0.3, 0.4) is 0 Å². The summed E-state index contributed by atoms with van der Waals surface area (Å²) in [6.45, 7) is 0. The Bertz CT molecular complexity index is 587. The highest BCUT2D eigenvalue weighted by Crippen LogP contribution is 2.13. The molecule has 0 aliphatic heterocycles. The summed E-state index contributed by atoms with van der Waals surface area (Å²) in [6.07, 6.45) is 2.85. The Labute approximate surface area is 108 Å². The predicted octanol–water partition coefficient (Wildman–Crippen LogP) is 0.638. The van der Waals surface area contributed by atoms with E-state index in [1.165, 1.54) is 36.7 Å². The zero-order chi connectivity index (χ0) is 13.8. The maximum absolute atomic E-state index is 11.7. The minimum absolute atomic E-state index is 0.0123. The molecule has 96 valence electrons. The lowest BCUT2D eigenvalue weighted by molar-refractivity contribution is 0.0399. The third-order valence-corrected chi connectivity index (χ3v) is 2.30. The molecule has 0 saturated heterocycles. The van der Waals surface area contributed by atoms with Crippen molar-refractivity contribution < 1.29 is 14.3 Å². The van der Waals surface area contributed by atoms with Gasteiger partial charge < -0.3 is 16.2 Å². The molecule has 2 heterocycles. The van der Waals surface area contributed by atoms with Gasteiger partial charge in [-0.2, -0.15) is 0 Å². The van der Waals surface area contributed by atoms with Gasteiger partial charge in [-0.05, 0) is 24.3 Å². The van der Waals surface area contributed by atoms with Gasteiger partial charge in [-0.25, -0.2) is 19.6 Å². The van der Waals surface area contributed by atoms with Crippen LogP contribution in [0.25, 0.3) is 0 Å². The van der Waals surface area contributed by atoms with Crippen molar-refractivity contribution in [1.82, 2.24) is 9.97 Å². The SMILES string of the molecule is Nc1ncccc1C(=O)OC(=O)c1cccnc1N. The second-order valence-corrected chi connectivity index (χ2v) is 3.55. The van der Waals surface area contributed by atoms with Crippen LogP contribution in [0.5, 0.6) is 0 Å². The normalized spacial score (nSPS) is 9.89. The zero-order valence-electron chi connectivity index (χ0n) is 9.74. The summed E-state index contributed by atoms with van der Waals surface area (Å²) in [6, 6.07) is 5.83. The number of pyridine rings is 2. The summed E-state index contributed by atoms with van der Waals surface area (Å²) >= 11 is 0. The average molecular weight is 258 g/mol. The fourth-order valence-corrected chi connectivity index (χ4v) is 1.37. The van der Waals surface area contributed by atoms with E-state index in [1.54, 1.807) is 0 Å². The Morgan fingerprint density at radius 2 is 1.32 bits per heavy atom. The van der Waals surface area contributed by atoms with Gasteiger partial charge in [0.1, 0.15) is 22.8 Å². The molecule has 0 atom stereocenters. The third-order valence-electron chi connectivity index (χ3n) is 2.30. The van der Waals surface area contributed by atoms with Gasteiger partial charge in [0, 0.05) is 12.4 Å². The van der Waals surface area contributed by atoms with Crippen LogP contribution in [0.1, 0.15) is 20.7 Å². The molecule has 0 amide bonds. The predicted molar refractivity (Wildman–Crippen MR) is 67.0 cm³/mol. The molecule has 2 aromatic heterocycles. The standard InChI is InChI=1S/C12H10N4O3/c13-9-7(3-1-5-15-9)11(17)19-12(18)8-4-2-6-16-10(8)14/h1-6H,(H2,13,15)(H2,14,16). The van der Waals surface area contributed by atoms with Gasteiger partial charge in [0.2, 0.25) is 0 Å². The molecule has 0 spiro atoms. The topological polar surface area (TPSA) is 121 Å². The van der Waals surface area contributed by atoms with Gasteiger partial charge in [-0.15, -0.1) is 0 Å². The fourth-order valence-electron chi connectivity index (χ4n) is 1.37. The first kappa shape index (κ1) is 12.5. The molecule has 2 aromatic rings. The van der Waals surface area contributed by atoms with E-state index >= 15 is 0 Å². The van der Waals surface area contributed by atoms with Crippen LogP contribution in [0.2, 0.25) is 0 Å². The molecule has 4 N–H and O–H groups in total. The number of carbonyl (C=O) groups is 2. The van der Waals surface area contributed by atoms with Crippen LogP contribution in [0.15, 0.2) is 36.7 Å². The molecular formula is C12H10N4O3. The quantitative estimate of drug-likeness (QED) is 0.598. The minimum atomic E-state index is -0.890. The largest absolute Gasteiger partial charge is 0.385 e. The van der Waals surface area contributed by atoms with Gasteiger partial charge in [-0.1, -0.05) is 0 Å². The number of hydrogen-bond acceptors (Lipinski definition) is 7. The number of anilines is 2. The smallest absolute Gasteiger partial charge is 0.349 e. The first-order chi connectivity index (χ1) is 9.09. The number of ether oxygens (including phenoxy) is 1. The van der Waals surface area contributed by atoms with E-state index in [-0.39, 0.29) is 22.8 Å². The number of aromatic nitrogens is 2. The van der Waals surface area contributed by atoms with Crippen molar-refractivity contribution in [1.29, 1.82) is 0 Å². The molecule has 0 aromatic carbocycles. The van der Waals surface area contributed by atoms with Crippen molar-refractivity contribution in [2.24, 2.45) is 0 Å². The van der Waals surface area contributed by atoms with Crippen molar-refractivity contribution in [2.75, 3.05) is 11.5 Å². The molecule has 0 unspecified atom stereocenters. The molecule has 0 bridgehead atoms. The second kappa shape index (κ2) is 5.13. The lowest BCUT2D eigenvalue weighted by Crippen LogP contribution is -2.16. The van der Waals surface area contributed by atoms with Gasteiger partial charge in [0.05, 0.1) is 0 Å². The van der Waals surface area contributed by atoms with Crippen molar-refractivity contribution >= 4 is 23.6 Å². The molecule has 7 nitrogen and oxygen atoms in total. The molecule has 0 aliphatic rings. The number of hydrogen-bond donors (Lipinski definition) is 2. The fraction of sp³-hybridized carbons (Fsp3) is 0. The number of esters is 2. The Morgan fingerprint density at radius 1 is 0.895 bits per heavy atom. The number of nitrogens with two attached hydrogens (primary N) is 2.